The minimum absolute atomic E-state index is 0. The molecule has 0 saturated heterocycles. The maximum atomic E-state index is 11.5. The fraction of sp³-hybridized carbons (Fsp3) is 0.909. The standard InChI is InChI=1S/C11H17O5P.2Na/c12-10(13)17(14,15)16-11-4-7-1-8(5-11)3-9(2-7)6-11;;/h7-9H,1-6H2,(H,12,13)(H,14,15);;. The minimum atomic E-state index is -4.50. The van der Waals surface area contributed by atoms with Crippen LogP contribution in [0.5, 0.6) is 0 Å². The summed E-state index contributed by atoms with van der Waals surface area (Å²) < 4.78 is 16.7. The fourth-order valence-electron chi connectivity index (χ4n) is 4.44. The molecule has 0 aromatic carbocycles. The maximum Gasteiger partial charge on any atom is 0.436 e. The normalized spacial score (nSPS) is 41.8. The van der Waals surface area contributed by atoms with Crippen molar-refractivity contribution in [3.63, 3.8) is 0 Å². The van der Waals surface area contributed by atoms with Gasteiger partial charge in [-0.3, -0.25) is 4.52 Å². The van der Waals surface area contributed by atoms with E-state index in [0.717, 1.165) is 19.3 Å². The zero-order valence-electron chi connectivity index (χ0n) is 11.5. The van der Waals surface area contributed by atoms with Gasteiger partial charge in [0.1, 0.15) is 0 Å². The van der Waals surface area contributed by atoms with E-state index < -0.39 is 18.9 Å². The smallest absolute Gasteiger partial charge is 0.436 e. The predicted molar refractivity (Wildman–Crippen MR) is 71.3 cm³/mol. The number of carbonyl (C=O) groups is 1. The van der Waals surface area contributed by atoms with E-state index in [1.54, 1.807) is 0 Å². The molecular formula is C11H17Na2O5P. The molecule has 0 aromatic rings. The van der Waals surface area contributed by atoms with Crippen molar-refractivity contribution in [3.05, 3.63) is 0 Å². The van der Waals surface area contributed by atoms with Gasteiger partial charge in [-0.15, -0.1) is 0 Å². The molecule has 5 nitrogen and oxygen atoms in total. The maximum absolute atomic E-state index is 11.5. The molecule has 0 heterocycles. The van der Waals surface area contributed by atoms with Gasteiger partial charge in [0.15, 0.2) is 0 Å². The van der Waals surface area contributed by atoms with E-state index in [-0.39, 0.29) is 59.1 Å². The summed E-state index contributed by atoms with van der Waals surface area (Å²) in [6.45, 7) is 0. The summed E-state index contributed by atoms with van der Waals surface area (Å²) in [4.78, 5) is 20.1. The summed E-state index contributed by atoms with van der Waals surface area (Å²) in [6.07, 6.45) is 5.84. The van der Waals surface area contributed by atoms with Crippen LogP contribution < -0.4 is 0 Å². The van der Waals surface area contributed by atoms with Gasteiger partial charge in [-0.1, -0.05) is 0 Å². The number of hydrogen-bond donors (Lipinski definition) is 2. The summed E-state index contributed by atoms with van der Waals surface area (Å²) in [7, 11) is -4.50. The Bertz CT molecular complexity index is 379. The average Bonchev–Trinajstić information content (AvgIpc) is 2.12. The third-order valence-electron chi connectivity index (χ3n) is 4.54. The second-order valence-corrected chi connectivity index (χ2v) is 7.60. The van der Waals surface area contributed by atoms with Crippen molar-refractivity contribution in [1.29, 1.82) is 0 Å². The van der Waals surface area contributed by atoms with Crippen LogP contribution in [0.1, 0.15) is 38.5 Å². The Hall–Kier alpha value is 1.62. The first kappa shape index (κ1) is 18.7. The Morgan fingerprint density at radius 3 is 1.74 bits per heavy atom. The molecule has 0 aromatic heterocycles. The topological polar surface area (TPSA) is 83.8 Å². The molecule has 0 aliphatic heterocycles. The predicted octanol–water partition coefficient (Wildman–Crippen LogP) is 2.07. The van der Waals surface area contributed by atoms with Crippen LogP contribution in [0.4, 0.5) is 4.79 Å². The second-order valence-electron chi connectivity index (χ2n) is 5.99. The van der Waals surface area contributed by atoms with Crippen molar-refractivity contribution < 1.29 is 23.9 Å². The van der Waals surface area contributed by atoms with Gasteiger partial charge in [0, 0.05) is 59.1 Å². The van der Waals surface area contributed by atoms with Crippen molar-refractivity contribution in [2.24, 2.45) is 17.8 Å². The summed E-state index contributed by atoms with van der Waals surface area (Å²) >= 11 is 0. The Morgan fingerprint density at radius 2 is 1.42 bits per heavy atom. The molecule has 19 heavy (non-hydrogen) atoms. The van der Waals surface area contributed by atoms with E-state index in [4.69, 9.17) is 9.63 Å². The van der Waals surface area contributed by atoms with E-state index in [9.17, 15) is 14.3 Å². The molecule has 0 amide bonds. The Labute approximate surface area is 157 Å². The molecule has 4 saturated carbocycles. The van der Waals surface area contributed by atoms with Gasteiger partial charge in [-0.25, -0.2) is 9.36 Å². The van der Waals surface area contributed by atoms with Crippen LogP contribution >= 0.6 is 7.60 Å². The van der Waals surface area contributed by atoms with Gasteiger partial charge < -0.3 is 10.00 Å². The molecule has 0 spiro atoms. The van der Waals surface area contributed by atoms with E-state index in [0.29, 0.717) is 17.8 Å². The number of hydrogen-bond acceptors (Lipinski definition) is 3. The molecule has 2 radical (unpaired) electrons. The van der Waals surface area contributed by atoms with Crippen molar-refractivity contribution >= 4 is 72.4 Å². The molecule has 4 fully saturated rings. The van der Waals surface area contributed by atoms with Crippen LogP contribution in [0.15, 0.2) is 0 Å². The van der Waals surface area contributed by atoms with E-state index in [1.165, 1.54) is 19.3 Å². The molecule has 98 valence electrons. The first-order chi connectivity index (χ1) is 7.89. The Balaban J connectivity index is 0.000000902. The Morgan fingerprint density at radius 1 is 1.05 bits per heavy atom. The summed E-state index contributed by atoms with van der Waals surface area (Å²) in [5.41, 5.74) is -2.36. The Kier molecular flexibility index (Phi) is 6.28. The molecule has 4 aliphatic carbocycles. The minimum Gasteiger partial charge on any atom is -0.472 e. The van der Waals surface area contributed by atoms with Crippen LogP contribution in [-0.2, 0) is 9.09 Å². The summed E-state index contributed by atoms with van der Waals surface area (Å²) in [5.74, 6) is 1.69. The summed E-state index contributed by atoms with van der Waals surface area (Å²) in [5, 5.41) is 8.70. The molecule has 1 atom stereocenters. The average molecular weight is 306 g/mol. The molecule has 8 heteroatoms. The zero-order chi connectivity index (χ0) is 12.3. The SMILES string of the molecule is O=C(O)P(=O)(O)OC12CC3CC(CC(C3)C1)C2.[Na].[Na]. The molecule has 4 rings (SSSR count). The fourth-order valence-corrected chi connectivity index (χ4v) is 5.27. The van der Waals surface area contributed by atoms with Crippen molar-refractivity contribution in [2.75, 3.05) is 0 Å². The van der Waals surface area contributed by atoms with Crippen LogP contribution in [0.2, 0.25) is 0 Å². The molecule has 4 bridgehead atoms. The zero-order valence-corrected chi connectivity index (χ0v) is 16.4. The van der Waals surface area contributed by atoms with E-state index in [2.05, 4.69) is 0 Å². The summed E-state index contributed by atoms with van der Waals surface area (Å²) in [6, 6.07) is 0. The van der Waals surface area contributed by atoms with Crippen LogP contribution in [0.25, 0.3) is 0 Å². The van der Waals surface area contributed by atoms with Crippen LogP contribution in [0, 0.1) is 17.8 Å². The van der Waals surface area contributed by atoms with Gasteiger partial charge in [-0.2, -0.15) is 0 Å². The molecular weight excluding hydrogens is 289 g/mol. The first-order valence-corrected chi connectivity index (χ1v) is 7.73. The van der Waals surface area contributed by atoms with E-state index in [1.807, 2.05) is 0 Å². The van der Waals surface area contributed by atoms with Crippen molar-refractivity contribution in [2.45, 2.75) is 44.1 Å². The second kappa shape index (κ2) is 6.39. The van der Waals surface area contributed by atoms with Crippen LogP contribution in [-0.4, -0.2) is 80.4 Å². The van der Waals surface area contributed by atoms with Gasteiger partial charge in [0.2, 0.25) is 0 Å². The van der Waals surface area contributed by atoms with Gasteiger partial charge >= 0.3 is 13.3 Å². The monoisotopic (exact) mass is 306 g/mol. The quantitative estimate of drug-likeness (QED) is 0.616. The third kappa shape index (κ3) is 3.69. The van der Waals surface area contributed by atoms with Gasteiger partial charge in [0.05, 0.1) is 5.60 Å². The van der Waals surface area contributed by atoms with E-state index >= 15 is 0 Å². The van der Waals surface area contributed by atoms with Crippen molar-refractivity contribution in [3.8, 4) is 0 Å². The van der Waals surface area contributed by atoms with Gasteiger partial charge in [0.25, 0.3) is 0 Å². The first-order valence-electron chi connectivity index (χ1n) is 6.16. The number of rotatable bonds is 3. The third-order valence-corrected chi connectivity index (χ3v) is 5.66. The number of carboxylic acid groups (broad SMARTS) is 1. The van der Waals surface area contributed by atoms with Crippen LogP contribution in [0.3, 0.4) is 0 Å². The largest absolute Gasteiger partial charge is 0.472 e. The molecule has 2 N–H and O–H groups in total. The van der Waals surface area contributed by atoms with Gasteiger partial charge in [-0.05, 0) is 56.3 Å². The molecule has 4 aliphatic rings. The molecule has 1 unspecified atom stereocenters. The van der Waals surface area contributed by atoms with Crippen molar-refractivity contribution in [1.82, 2.24) is 0 Å².